The van der Waals surface area contributed by atoms with Crippen LogP contribution in [0.1, 0.15) is 48.2 Å². The van der Waals surface area contributed by atoms with Crippen molar-refractivity contribution in [3.63, 3.8) is 0 Å². The standard InChI is InChI=1S/C21H23N3O4S/c25-19(22-9-8-14-4-2-1-3-5-14)11-16-12-29-21(23-16)24-20(26)15-6-7-17-18(10-15)28-13-27-17/h4,6-7,10,12H,1-3,5,8-9,11,13H2,(H,22,25)(H,23,24,26). The van der Waals surface area contributed by atoms with Crippen LogP contribution in [0.25, 0.3) is 0 Å². The third kappa shape index (κ3) is 5.14. The molecule has 0 bridgehead atoms. The third-order valence-electron chi connectivity index (χ3n) is 4.90. The van der Waals surface area contributed by atoms with Gasteiger partial charge in [0.25, 0.3) is 5.91 Å². The third-order valence-corrected chi connectivity index (χ3v) is 5.71. The Hall–Kier alpha value is -2.87. The minimum absolute atomic E-state index is 0.0552. The molecular weight excluding hydrogens is 390 g/mol. The molecule has 0 atom stereocenters. The number of nitrogens with zero attached hydrogens (tertiary/aromatic N) is 1. The average Bonchev–Trinajstić information content (AvgIpc) is 3.37. The van der Waals surface area contributed by atoms with Gasteiger partial charge < -0.3 is 14.8 Å². The quantitative estimate of drug-likeness (QED) is 0.676. The van der Waals surface area contributed by atoms with Crippen molar-refractivity contribution in [3.8, 4) is 11.5 Å². The summed E-state index contributed by atoms with van der Waals surface area (Å²) in [6.07, 6.45) is 8.24. The summed E-state index contributed by atoms with van der Waals surface area (Å²) in [7, 11) is 0. The Labute approximate surface area is 173 Å². The van der Waals surface area contributed by atoms with Crippen molar-refractivity contribution in [3.05, 3.63) is 46.5 Å². The number of benzene rings is 1. The van der Waals surface area contributed by atoms with Crippen molar-refractivity contribution in [2.24, 2.45) is 0 Å². The second kappa shape index (κ2) is 9.09. The van der Waals surface area contributed by atoms with Gasteiger partial charge in [-0.15, -0.1) is 11.3 Å². The summed E-state index contributed by atoms with van der Waals surface area (Å²) in [4.78, 5) is 28.9. The predicted octanol–water partition coefficient (Wildman–Crippen LogP) is 3.67. The molecule has 1 aromatic carbocycles. The molecule has 1 aliphatic carbocycles. The Morgan fingerprint density at radius 1 is 1.17 bits per heavy atom. The maximum atomic E-state index is 12.4. The first-order valence-corrected chi connectivity index (χ1v) is 10.7. The number of allylic oxidation sites excluding steroid dienone is 1. The lowest BCUT2D eigenvalue weighted by molar-refractivity contribution is -0.120. The molecule has 2 amide bonds. The molecule has 0 saturated heterocycles. The lowest BCUT2D eigenvalue weighted by Crippen LogP contribution is -2.26. The average molecular weight is 413 g/mol. The summed E-state index contributed by atoms with van der Waals surface area (Å²) in [5, 5.41) is 7.96. The van der Waals surface area contributed by atoms with E-state index in [-0.39, 0.29) is 25.0 Å². The molecule has 152 valence electrons. The van der Waals surface area contributed by atoms with Crippen molar-refractivity contribution in [2.75, 3.05) is 18.7 Å². The fourth-order valence-corrected chi connectivity index (χ4v) is 4.08. The van der Waals surface area contributed by atoms with Gasteiger partial charge >= 0.3 is 0 Å². The van der Waals surface area contributed by atoms with Crippen LogP contribution in [0, 0.1) is 0 Å². The van der Waals surface area contributed by atoms with Crippen LogP contribution in [-0.4, -0.2) is 30.1 Å². The number of rotatable bonds is 7. The molecule has 1 aromatic heterocycles. The van der Waals surface area contributed by atoms with Crippen molar-refractivity contribution >= 4 is 28.3 Å². The molecule has 4 rings (SSSR count). The Morgan fingerprint density at radius 3 is 2.93 bits per heavy atom. The fraction of sp³-hybridized carbons (Fsp3) is 0.381. The molecule has 0 radical (unpaired) electrons. The van der Waals surface area contributed by atoms with Crippen molar-refractivity contribution in [1.29, 1.82) is 0 Å². The van der Waals surface area contributed by atoms with Gasteiger partial charge in [0, 0.05) is 17.5 Å². The number of nitrogens with one attached hydrogen (secondary N) is 2. The first kappa shape index (κ1) is 19.4. The number of aromatic nitrogens is 1. The highest BCUT2D eigenvalue weighted by Gasteiger charge is 2.17. The molecule has 2 N–H and O–H groups in total. The van der Waals surface area contributed by atoms with Crippen LogP contribution in [0.5, 0.6) is 11.5 Å². The SMILES string of the molecule is O=C(Cc1csc(NC(=O)c2ccc3c(c2)OCO3)n1)NCCC1=CCCCC1. The molecule has 1 aliphatic heterocycles. The number of carbonyl (C=O) groups excluding carboxylic acids is 2. The second-order valence-corrected chi connectivity index (χ2v) is 7.91. The molecule has 0 unspecified atom stereocenters. The lowest BCUT2D eigenvalue weighted by Gasteiger charge is -2.12. The Balaban J connectivity index is 1.25. The van der Waals surface area contributed by atoms with E-state index in [0.29, 0.717) is 34.4 Å². The van der Waals surface area contributed by atoms with Crippen LogP contribution in [0.15, 0.2) is 35.2 Å². The van der Waals surface area contributed by atoms with E-state index in [9.17, 15) is 9.59 Å². The zero-order chi connectivity index (χ0) is 20.1. The number of thiazole rings is 1. The molecule has 0 spiro atoms. The summed E-state index contributed by atoms with van der Waals surface area (Å²) >= 11 is 1.30. The largest absolute Gasteiger partial charge is 0.454 e. The summed E-state index contributed by atoms with van der Waals surface area (Å²) < 4.78 is 10.5. The zero-order valence-corrected chi connectivity index (χ0v) is 16.8. The number of carbonyl (C=O) groups is 2. The van der Waals surface area contributed by atoms with Crippen LogP contribution in [0.3, 0.4) is 0 Å². The number of hydrogen-bond acceptors (Lipinski definition) is 6. The van der Waals surface area contributed by atoms with E-state index in [1.165, 1.54) is 29.8 Å². The van der Waals surface area contributed by atoms with Gasteiger partial charge in [-0.2, -0.15) is 0 Å². The number of fused-ring (bicyclic) bond motifs is 1. The Kier molecular flexibility index (Phi) is 6.09. The van der Waals surface area contributed by atoms with E-state index in [2.05, 4.69) is 21.7 Å². The van der Waals surface area contributed by atoms with Gasteiger partial charge in [-0.25, -0.2) is 4.98 Å². The van der Waals surface area contributed by atoms with Gasteiger partial charge in [-0.05, 0) is 50.3 Å². The van der Waals surface area contributed by atoms with E-state index in [1.807, 2.05) is 0 Å². The minimum Gasteiger partial charge on any atom is -0.454 e. The minimum atomic E-state index is -0.283. The van der Waals surface area contributed by atoms with Crippen LogP contribution in [-0.2, 0) is 11.2 Å². The van der Waals surface area contributed by atoms with Gasteiger partial charge in [0.2, 0.25) is 12.7 Å². The number of amides is 2. The maximum absolute atomic E-state index is 12.4. The Bertz CT molecular complexity index is 938. The van der Waals surface area contributed by atoms with Gasteiger partial charge in [-0.3, -0.25) is 14.9 Å². The van der Waals surface area contributed by atoms with Crippen molar-refractivity contribution in [2.45, 2.75) is 38.5 Å². The molecule has 0 saturated carbocycles. The molecule has 8 heteroatoms. The molecule has 2 heterocycles. The predicted molar refractivity (Wildman–Crippen MR) is 111 cm³/mol. The topological polar surface area (TPSA) is 89.6 Å². The highest BCUT2D eigenvalue weighted by atomic mass is 32.1. The fourth-order valence-electron chi connectivity index (χ4n) is 3.37. The van der Waals surface area contributed by atoms with Gasteiger partial charge in [0.15, 0.2) is 16.6 Å². The Morgan fingerprint density at radius 2 is 2.07 bits per heavy atom. The van der Waals surface area contributed by atoms with Crippen LogP contribution < -0.4 is 20.1 Å². The van der Waals surface area contributed by atoms with Crippen molar-refractivity contribution < 1.29 is 19.1 Å². The van der Waals surface area contributed by atoms with Gasteiger partial charge in [-0.1, -0.05) is 11.6 Å². The molecule has 2 aliphatic rings. The van der Waals surface area contributed by atoms with Crippen LogP contribution in [0.4, 0.5) is 5.13 Å². The van der Waals surface area contributed by atoms with E-state index >= 15 is 0 Å². The highest BCUT2D eigenvalue weighted by molar-refractivity contribution is 7.14. The molecule has 7 nitrogen and oxygen atoms in total. The summed E-state index contributed by atoms with van der Waals surface area (Å²) in [6, 6.07) is 5.02. The smallest absolute Gasteiger partial charge is 0.257 e. The first-order valence-electron chi connectivity index (χ1n) is 9.77. The van der Waals surface area contributed by atoms with E-state index in [1.54, 1.807) is 23.6 Å². The summed E-state index contributed by atoms with van der Waals surface area (Å²) in [5.41, 5.74) is 2.55. The van der Waals surface area contributed by atoms with E-state index in [4.69, 9.17) is 9.47 Å². The number of hydrogen-bond donors (Lipinski definition) is 2. The maximum Gasteiger partial charge on any atom is 0.257 e. The van der Waals surface area contributed by atoms with Crippen LogP contribution >= 0.6 is 11.3 Å². The van der Waals surface area contributed by atoms with Gasteiger partial charge in [0.05, 0.1) is 12.1 Å². The van der Waals surface area contributed by atoms with E-state index < -0.39 is 0 Å². The van der Waals surface area contributed by atoms with Crippen LogP contribution in [0.2, 0.25) is 0 Å². The highest BCUT2D eigenvalue weighted by Crippen LogP contribution is 2.32. The molecule has 2 aromatic rings. The van der Waals surface area contributed by atoms with Crippen molar-refractivity contribution in [1.82, 2.24) is 10.3 Å². The van der Waals surface area contributed by atoms with E-state index in [0.717, 1.165) is 19.3 Å². The number of ether oxygens (including phenoxy) is 2. The zero-order valence-electron chi connectivity index (χ0n) is 16.0. The molecule has 0 fully saturated rings. The second-order valence-electron chi connectivity index (χ2n) is 7.05. The normalized spacial score (nSPS) is 15.0. The van der Waals surface area contributed by atoms with Gasteiger partial charge in [0.1, 0.15) is 0 Å². The summed E-state index contributed by atoms with van der Waals surface area (Å²) in [6.45, 7) is 0.818. The lowest BCUT2D eigenvalue weighted by atomic mass is 9.97. The molecular formula is C21H23N3O4S. The molecule has 29 heavy (non-hydrogen) atoms. The monoisotopic (exact) mass is 413 g/mol. The number of anilines is 1. The summed E-state index contributed by atoms with van der Waals surface area (Å²) in [5.74, 6) is 0.844. The first-order chi connectivity index (χ1) is 14.2.